The van der Waals surface area contributed by atoms with Gasteiger partial charge in [0.15, 0.2) is 5.16 Å². The lowest BCUT2D eigenvalue weighted by molar-refractivity contribution is -0.387. The molecular weight excluding hydrogens is 392 g/mol. The minimum absolute atomic E-state index is 0.124. The molecule has 1 saturated carbocycles. The summed E-state index contributed by atoms with van der Waals surface area (Å²) in [6, 6.07) is 8.48. The molecule has 0 aliphatic heterocycles. The summed E-state index contributed by atoms with van der Waals surface area (Å²) in [5.41, 5.74) is 1.10. The maximum Gasteiger partial charge on any atom is 0.284 e. The molecule has 2 heterocycles. The highest BCUT2D eigenvalue weighted by molar-refractivity contribution is 7.99. The number of carbonyl (C=O) groups is 1. The van der Waals surface area contributed by atoms with Crippen molar-refractivity contribution in [2.75, 3.05) is 0 Å². The third-order valence-electron chi connectivity index (χ3n) is 4.60. The molecule has 148 valence electrons. The second kappa shape index (κ2) is 8.00. The number of amides is 1. The van der Waals surface area contributed by atoms with Crippen molar-refractivity contribution in [2.45, 2.75) is 35.5 Å². The van der Waals surface area contributed by atoms with Gasteiger partial charge in [-0.3, -0.25) is 19.9 Å². The molecule has 0 radical (unpaired) electrons. The maximum atomic E-state index is 13.1. The highest BCUT2D eigenvalue weighted by atomic mass is 32.2. The lowest BCUT2D eigenvalue weighted by atomic mass is 10.1. The standard InChI is InChI=1S/C19H18N6O3S/c1-23-12-21-22-19(23)29-17-7-4-14(9-16(17)25(27)28)18(26)24(15-5-6-15)11-13-3-2-8-20-10-13/h2-4,7-10,12,15H,5-6,11H2,1H3. The largest absolute Gasteiger partial charge is 0.331 e. The first-order valence-electron chi connectivity index (χ1n) is 9.03. The molecule has 0 N–H and O–H groups in total. The predicted molar refractivity (Wildman–Crippen MR) is 105 cm³/mol. The minimum Gasteiger partial charge on any atom is -0.331 e. The molecule has 1 amide bonds. The smallest absolute Gasteiger partial charge is 0.284 e. The van der Waals surface area contributed by atoms with Crippen LogP contribution < -0.4 is 0 Å². The van der Waals surface area contributed by atoms with Gasteiger partial charge in [0.05, 0.1) is 9.82 Å². The zero-order chi connectivity index (χ0) is 20.4. The summed E-state index contributed by atoms with van der Waals surface area (Å²) in [6.45, 7) is 0.431. The van der Waals surface area contributed by atoms with Gasteiger partial charge in [-0.15, -0.1) is 10.2 Å². The number of hydrogen-bond acceptors (Lipinski definition) is 7. The van der Waals surface area contributed by atoms with Crippen molar-refractivity contribution in [1.29, 1.82) is 0 Å². The van der Waals surface area contributed by atoms with Gasteiger partial charge in [0.25, 0.3) is 11.6 Å². The molecule has 0 unspecified atom stereocenters. The molecule has 9 nitrogen and oxygen atoms in total. The van der Waals surface area contributed by atoms with Crippen LogP contribution in [-0.2, 0) is 13.6 Å². The fourth-order valence-corrected chi connectivity index (χ4v) is 3.80. The third kappa shape index (κ3) is 4.27. The van der Waals surface area contributed by atoms with Crippen LogP contribution in [0.15, 0.2) is 59.1 Å². The van der Waals surface area contributed by atoms with E-state index in [0.717, 1.165) is 30.2 Å². The second-order valence-electron chi connectivity index (χ2n) is 6.79. The van der Waals surface area contributed by atoms with Crippen LogP contribution in [0.5, 0.6) is 0 Å². The Kier molecular flexibility index (Phi) is 5.26. The van der Waals surface area contributed by atoms with Crippen LogP contribution in [0, 0.1) is 10.1 Å². The average molecular weight is 410 g/mol. The molecule has 3 aromatic rings. The Balaban J connectivity index is 1.61. The zero-order valence-corrected chi connectivity index (χ0v) is 16.5. The maximum absolute atomic E-state index is 13.1. The van der Waals surface area contributed by atoms with E-state index in [1.54, 1.807) is 41.0 Å². The molecule has 0 atom stereocenters. The summed E-state index contributed by atoms with van der Waals surface area (Å²) in [4.78, 5) is 30.6. The van der Waals surface area contributed by atoms with E-state index in [-0.39, 0.29) is 17.6 Å². The number of aromatic nitrogens is 4. The number of benzene rings is 1. The van der Waals surface area contributed by atoms with Crippen LogP contribution in [0.3, 0.4) is 0 Å². The summed E-state index contributed by atoms with van der Waals surface area (Å²) in [7, 11) is 1.76. The van der Waals surface area contributed by atoms with E-state index < -0.39 is 4.92 Å². The predicted octanol–water partition coefficient (Wildman–Crippen LogP) is 3.07. The molecule has 1 aromatic carbocycles. The van der Waals surface area contributed by atoms with Crippen LogP contribution >= 0.6 is 11.8 Å². The number of nitro groups is 1. The van der Waals surface area contributed by atoms with E-state index in [4.69, 9.17) is 0 Å². The molecule has 1 fully saturated rings. The van der Waals surface area contributed by atoms with E-state index in [0.29, 0.717) is 22.2 Å². The summed E-state index contributed by atoms with van der Waals surface area (Å²) in [5.74, 6) is -0.213. The normalized spacial score (nSPS) is 13.3. The van der Waals surface area contributed by atoms with E-state index in [9.17, 15) is 14.9 Å². The SMILES string of the molecule is Cn1cnnc1Sc1ccc(C(=O)N(Cc2cccnc2)C2CC2)cc1[N+](=O)[O-]. The van der Waals surface area contributed by atoms with Gasteiger partial charge in [-0.1, -0.05) is 6.07 Å². The van der Waals surface area contributed by atoms with Gasteiger partial charge in [0, 0.05) is 43.7 Å². The van der Waals surface area contributed by atoms with Crippen molar-refractivity contribution in [3.63, 3.8) is 0 Å². The van der Waals surface area contributed by atoms with Crippen molar-refractivity contribution in [3.05, 3.63) is 70.3 Å². The van der Waals surface area contributed by atoms with Crippen molar-refractivity contribution in [3.8, 4) is 0 Å². The van der Waals surface area contributed by atoms with E-state index in [1.807, 2.05) is 12.1 Å². The molecule has 0 spiro atoms. The van der Waals surface area contributed by atoms with Crippen molar-refractivity contribution in [1.82, 2.24) is 24.6 Å². The van der Waals surface area contributed by atoms with Crippen molar-refractivity contribution in [2.24, 2.45) is 7.05 Å². The Bertz CT molecular complexity index is 1050. The average Bonchev–Trinajstić information content (AvgIpc) is 3.49. The Morgan fingerprint density at radius 2 is 2.21 bits per heavy atom. The minimum atomic E-state index is -0.474. The van der Waals surface area contributed by atoms with Gasteiger partial charge < -0.3 is 9.47 Å². The molecule has 0 saturated heterocycles. The van der Waals surface area contributed by atoms with Gasteiger partial charge in [0.1, 0.15) is 6.33 Å². The monoisotopic (exact) mass is 410 g/mol. The van der Waals surface area contributed by atoms with Gasteiger partial charge in [-0.2, -0.15) is 0 Å². The summed E-state index contributed by atoms with van der Waals surface area (Å²) in [6.07, 6.45) is 6.82. The Hall–Kier alpha value is -3.27. The first-order chi connectivity index (χ1) is 14.0. The molecule has 10 heteroatoms. The van der Waals surface area contributed by atoms with Crippen LogP contribution in [0.2, 0.25) is 0 Å². The summed E-state index contributed by atoms with van der Waals surface area (Å²) >= 11 is 1.14. The van der Waals surface area contributed by atoms with Crippen LogP contribution in [0.1, 0.15) is 28.8 Å². The molecule has 4 rings (SSSR count). The number of nitrogens with zero attached hydrogens (tertiary/aromatic N) is 6. The highest BCUT2D eigenvalue weighted by Gasteiger charge is 2.34. The quantitative estimate of drug-likeness (QED) is 0.435. The lowest BCUT2D eigenvalue weighted by Gasteiger charge is -2.22. The van der Waals surface area contributed by atoms with Gasteiger partial charge in [0.2, 0.25) is 0 Å². The lowest BCUT2D eigenvalue weighted by Crippen LogP contribution is -2.32. The Labute approximate surface area is 170 Å². The van der Waals surface area contributed by atoms with Gasteiger partial charge in [-0.05, 0) is 48.4 Å². The van der Waals surface area contributed by atoms with E-state index in [2.05, 4.69) is 15.2 Å². The first-order valence-corrected chi connectivity index (χ1v) is 9.84. The van der Waals surface area contributed by atoms with Crippen molar-refractivity contribution < 1.29 is 9.72 Å². The van der Waals surface area contributed by atoms with Crippen LogP contribution in [-0.4, -0.2) is 41.5 Å². The topological polar surface area (TPSA) is 107 Å². The fraction of sp³-hybridized carbons (Fsp3) is 0.263. The number of rotatable bonds is 7. The summed E-state index contributed by atoms with van der Waals surface area (Å²) in [5, 5.41) is 19.9. The zero-order valence-electron chi connectivity index (χ0n) is 15.6. The molecule has 1 aliphatic rings. The second-order valence-corrected chi connectivity index (χ2v) is 7.80. The molecule has 29 heavy (non-hydrogen) atoms. The molecule has 2 aromatic heterocycles. The number of carbonyl (C=O) groups excluding carboxylic acids is 1. The Morgan fingerprint density at radius 1 is 1.38 bits per heavy atom. The Morgan fingerprint density at radius 3 is 2.83 bits per heavy atom. The van der Waals surface area contributed by atoms with Gasteiger partial charge in [-0.25, -0.2) is 0 Å². The number of aryl methyl sites for hydroxylation is 1. The van der Waals surface area contributed by atoms with E-state index in [1.165, 1.54) is 12.4 Å². The molecule has 1 aliphatic carbocycles. The number of pyridine rings is 1. The fourth-order valence-electron chi connectivity index (χ4n) is 2.95. The van der Waals surface area contributed by atoms with Crippen molar-refractivity contribution >= 4 is 23.4 Å². The van der Waals surface area contributed by atoms with E-state index >= 15 is 0 Å². The molecule has 0 bridgehead atoms. The van der Waals surface area contributed by atoms with Gasteiger partial charge >= 0.3 is 0 Å². The first kappa shape index (κ1) is 19.1. The summed E-state index contributed by atoms with van der Waals surface area (Å²) < 4.78 is 1.68. The highest BCUT2D eigenvalue weighted by Crippen LogP contribution is 2.35. The third-order valence-corrected chi connectivity index (χ3v) is 5.72. The molecular formula is C19H18N6O3S. The number of nitro benzene ring substituents is 1. The van der Waals surface area contributed by atoms with Crippen LogP contribution in [0.25, 0.3) is 0 Å². The number of hydrogen-bond donors (Lipinski definition) is 0. The van der Waals surface area contributed by atoms with Crippen LogP contribution in [0.4, 0.5) is 5.69 Å².